The van der Waals surface area contributed by atoms with Crippen LogP contribution in [0, 0.1) is 5.92 Å². The molecule has 1 aliphatic rings. The van der Waals surface area contributed by atoms with Crippen LogP contribution in [0.25, 0.3) is 0 Å². The third-order valence-corrected chi connectivity index (χ3v) is 4.52. The average Bonchev–Trinajstić information content (AvgIpc) is 2.38. The molecule has 2 rings (SSSR count). The van der Waals surface area contributed by atoms with E-state index in [2.05, 4.69) is 49.9 Å². The van der Waals surface area contributed by atoms with Crippen molar-refractivity contribution in [3.8, 4) is 0 Å². The van der Waals surface area contributed by atoms with Gasteiger partial charge in [-0.1, -0.05) is 25.1 Å². The summed E-state index contributed by atoms with van der Waals surface area (Å²) in [4.78, 5) is 2.61. The van der Waals surface area contributed by atoms with E-state index < -0.39 is 0 Å². The Morgan fingerprint density at radius 1 is 1.32 bits per heavy atom. The first-order chi connectivity index (χ1) is 9.08. The van der Waals surface area contributed by atoms with Crippen molar-refractivity contribution in [2.45, 2.75) is 52.0 Å². The van der Waals surface area contributed by atoms with E-state index in [1.165, 1.54) is 30.5 Å². The Kier molecular flexibility index (Phi) is 4.51. The van der Waals surface area contributed by atoms with E-state index in [1.807, 2.05) is 0 Å². The summed E-state index contributed by atoms with van der Waals surface area (Å²) in [5.41, 5.74) is 8.86. The van der Waals surface area contributed by atoms with Gasteiger partial charge in [0.2, 0.25) is 0 Å². The van der Waals surface area contributed by atoms with Crippen molar-refractivity contribution in [3.05, 3.63) is 29.8 Å². The molecule has 1 unspecified atom stereocenters. The summed E-state index contributed by atoms with van der Waals surface area (Å²) in [5.74, 6) is 0.796. The molecule has 1 atom stereocenters. The Hall–Kier alpha value is -1.02. The summed E-state index contributed by atoms with van der Waals surface area (Å²) in [6.45, 7) is 8.98. The van der Waals surface area contributed by atoms with E-state index in [9.17, 15) is 0 Å². The Balaban J connectivity index is 2.21. The zero-order valence-corrected chi connectivity index (χ0v) is 12.7. The lowest BCUT2D eigenvalue weighted by atomic mass is 9.80. The summed E-state index contributed by atoms with van der Waals surface area (Å²) >= 11 is 0. The number of piperidine rings is 1. The lowest BCUT2D eigenvalue weighted by molar-refractivity contribution is 0.264. The van der Waals surface area contributed by atoms with Gasteiger partial charge in [-0.2, -0.15) is 0 Å². The highest BCUT2D eigenvalue weighted by atomic mass is 15.2. The minimum Gasteiger partial charge on any atom is -0.366 e. The summed E-state index contributed by atoms with van der Waals surface area (Å²) in [5, 5.41) is 0. The summed E-state index contributed by atoms with van der Waals surface area (Å²) < 4.78 is 0. The fraction of sp³-hybridized carbons (Fsp3) is 0.647. The van der Waals surface area contributed by atoms with Crippen LogP contribution in [0.3, 0.4) is 0 Å². The predicted octanol–water partition coefficient (Wildman–Crippen LogP) is 3.59. The van der Waals surface area contributed by atoms with Crippen LogP contribution in [0.5, 0.6) is 0 Å². The molecular weight excluding hydrogens is 232 g/mol. The largest absolute Gasteiger partial charge is 0.366 e. The van der Waals surface area contributed by atoms with Gasteiger partial charge >= 0.3 is 0 Å². The van der Waals surface area contributed by atoms with E-state index in [0.717, 1.165) is 25.4 Å². The molecule has 0 bridgehead atoms. The monoisotopic (exact) mass is 260 g/mol. The number of benzene rings is 1. The molecule has 0 radical (unpaired) electrons. The fourth-order valence-corrected chi connectivity index (χ4v) is 3.53. The second kappa shape index (κ2) is 5.96. The molecule has 1 aliphatic heterocycles. The molecule has 0 saturated carbocycles. The Morgan fingerprint density at radius 3 is 2.68 bits per heavy atom. The van der Waals surface area contributed by atoms with E-state index in [1.54, 1.807) is 0 Å². The van der Waals surface area contributed by atoms with Crippen LogP contribution in [0.4, 0.5) is 5.69 Å². The number of nitrogens with two attached hydrogens (primary N) is 1. The maximum atomic E-state index is 5.73. The smallest absolute Gasteiger partial charge is 0.0403 e. The molecule has 1 aromatic carbocycles. The summed E-state index contributed by atoms with van der Waals surface area (Å²) in [6, 6.07) is 8.86. The molecule has 19 heavy (non-hydrogen) atoms. The van der Waals surface area contributed by atoms with E-state index in [0.29, 0.717) is 0 Å². The maximum Gasteiger partial charge on any atom is 0.0403 e. The minimum atomic E-state index is 0.239. The average molecular weight is 260 g/mol. The number of aryl methyl sites for hydroxylation is 1. The van der Waals surface area contributed by atoms with E-state index >= 15 is 0 Å². The molecule has 1 fully saturated rings. The number of hydrogen-bond donors (Lipinski definition) is 1. The predicted molar refractivity (Wildman–Crippen MR) is 83.6 cm³/mol. The van der Waals surface area contributed by atoms with Gasteiger partial charge < -0.3 is 10.6 Å². The first-order valence-corrected chi connectivity index (χ1v) is 7.64. The molecule has 0 spiro atoms. The van der Waals surface area contributed by atoms with Gasteiger partial charge in [-0.05, 0) is 63.6 Å². The van der Waals surface area contributed by atoms with Gasteiger partial charge in [0.25, 0.3) is 0 Å². The topological polar surface area (TPSA) is 29.3 Å². The first-order valence-electron chi connectivity index (χ1n) is 7.64. The van der Waals surface area contributed by atoms with Crippen molar-refractivity contribution in [2.24, 2.45) is 11.7 Å². The lowest BCUT2D eigenvalue weighted by Crippen LogP contribution is -2.50. The highest BCUT2D eigenvalue weighted by Gasteiger charge is 2.35. The summed E-state index contributed by atoms with van der Waals surface area (Å²) in [7, 11) is 0. The van der Waals surface area contributed by atoms with Crippen molar-refractivity contribution in [1.82, 2.24) is 0 Å². The normalized spacial score (nSPS) is 22.5. The third-order valence-electron chi connectivity index (χ3n) is 4.52. The lowest BCUT2D eigenvalue weighted by Gasteiger charge is -2.48. The van der Waals surface area contributed by atoms with E-state index in [-0.39, 0.29) is 5.54 Å². The molecule has 2 heteroatoms. The van der Waals surface area contributed by atoms with Gasteiger partial charge in [0.05, 0.1) is 0 Å². The fourth-order valence-electron chi connectivity index (χ4n) is 3.53. The van der Waals surface area contributed by atoms with Crippen LogP contribution in [-0.4, -0.2) is 18.6 Å². The van der Waals surface area contributed by atoms with Crippen molar-refractivity contribution < 1.29 is 0 Å². The standard InChI is InChI=1S/C17H28N2/c1-4-15-7-5-6-8-16(15)19-12-10-14(9-11-18)13-17(19,2)3/h5-8,14H,4,9-13,18H2,1-3H3. The van der Waals surface area contributed by atoms with Crippen LogP contribution in [-0.2, 0) is 6.42 Å². The molecule has 0 aromatic heterocycles. The zero-order chi connectivity index (χ0) is 13.9. The first kappa shape index (κ1) is 14.4. The molecule has 0 aliphatic carbocycles. The molecule has 2 nitrogen and oxygen atoms in total. The number of hydrogen-bond acceptors (Lipinski definition) is 2. The number of anilines is 1. The summed E-state index contributed by atoms with van der Waals surface area (Å²) in [6.07, 6.45) is 4.81. The second-order valence-electron chi connectivity index (χ2n) is 6.38. The molecule has 1 aromatic rings. The van der Waals surface area contributed by atoms with Crippen molar-refractivity contribution >= 4 is 5.69 Å². The van der Waals surface area contributed by atoms with Gasteiger partial charge in [0, 0.05) is 17.8 Å². The SMILES string of the molecule is CCc1ccccc1N1CCC(CCN)CC1(C)C. The van der Waals surface area contributed by atoms with Crippen LogP contribution in [0.2, 0.25) is 0 Å². The quantitative estimate of drug-likeness (QED) is 0.896. The van der Waals surface area contributed by atoms with Gasteiger partial charge in [0.15, 0.2) is 0 Å². The second-order valence-corrected chi connectivity index (χ2v) is 6.38. The van der Waals surface area contributed by atoms with Gasteiger partial charge in [-0.3, -0.25) is 0 Å². The third kappa shape index (κ3) is 3.11. The molecule has 106 valence electrons. The Bertz CT molecular complexity index is 411. The van der Waals surface area contributed by atoms with Crippen LogP contribution < -0.4 is 10.6 Å². The van der Waals surface area contributed by atoms with Crippen molar-refractivity contribution in [3.63, 3.8) is 0 Å². The minimum absolute atomic E-state index is 0.239. The number of nitrogens with zero attached hydrogens (tertiary/aromatic N) is 1. The molecule has 0 amide bonds. The van der Waals surface area contributed by atoms with Crippen LogP contribution >= 0.6 is 0 Å². The zero-order valence-electron chi connectivity index (χ0n) is 12.7. The maximum absolute atomic E-state index is 5.73. The highest BCUT2D eigenvalue weighted by Crippen LogP contribution is 2.37. The van der Waals surface area contributed by atoms with Crippen molar-refractivity contribution in [1.29, 1.82) is 0 Å². The highest BCUT2D eigenvalue weighted by molar-refractivity contribution is 5.56. The molecule has 1 heterocycles. The Morgan fingerprint density at radius 2 is 2.05 bits per heavy atom. The molecule has 1 saturated heterocycles. The number of rotatable bonds is 4. The van der Waals surface area contributed by atoms with Crippen LogP contribution in [0.15, 0.2) is 24.3 Å². The van der Waals surface area contributed by atoms with Gasteiger partial charge in [0.1, 0.15) is 0 Å². The molecular formula is C17H28N2. The Labute approximate surface area is 118 Å². The van der Waals surface area contributed by atoms with Gasteiger partial charge in [-0.25, -0.2) is 0 Å². The van der Waals surface area contributed by atoms with Crippen LogP contribution in [0.1, 0.15) is 45.6 Å². The number of para-hydroxylation sites is 1. The van der Waals surface area contributed by atoms with E-state index in [4.69, 9.17) is 5.73 Å². The molecule has 2 N–H and O–H groups in total. The van der Waals surface area contributed by atoms with Crippen molar-refractivity contribution in [2.75, 3.05) is 18.0 Å². The van der Waals surface area contributed by atoms with Gasteiger partial charge in [-0.15, -0.1) is 0 Å².